The van der Waals surface area contributed by atoms with Gasteiger partial charge in [0.15, 0.2) is 18.9 Å². The van der Waals surface area contributed by atoms with Crippen molar-refractivity contribution in [1.82, 2.24) is 0 Å². The maximum Gasteiger partial charge on any atom is 0.190 e. The predicted octanol–water partition coefficient (Wildman–Crippen LogP) is 1.01. The summed E-state index contributed by atoms with van der Waals surface area (Å²) in [5.41, 5.74) is 0. The van der Waals surface area contributed by atoms with Crippen molar-refractivity contribution in [3.63, 3.8) is 0 Å². The number of ether oxygens (including phenoxy) is 5. The van der Waals surface area contributed by atoms with Gasteiger partial charge in [0.2, 0.25) is 0 Å². The van der Waals surface area contributed by atoms with Crippen molar-refractivity contribution in [1.29, 1.82) is 0 Å². The van der Waals surface area contributed by atoms with Crippen LogP contribution in [0, 0.1) is 0 Å². The third-order valence-electron chi connectivity index (χ3n) is 3.28. The molecule has 0 aromatic heterocycles. The van der Waals surface area contributed by atoms with Crippen LogP contribution in [0.1, 0.15) is 26.7 Å². The van der Waals surface area contributed by atoms with E-state index >= 15 is 0 Å². The molecule has 0 radical (unpaired) electrons. The van der Waals surface area contributed by atoms with Gasteiger partial charge in [0.05, 0.1) is 6.61 Å². The second-order valence-corrected chi connectivity index (χ2v) is 4.39. The van der Waals surface area contributed by atoms with Gasteiger partial charge in [-0.15, -0.1) is 0 Å². The van der Waals surface area contributed by atoms with Crippen molar-refractivity contribution >= 4 is 0 Å². The molecular formula is C11H18O5. The normalized spacial score (nSPS) is 51.4. The Balaban J connectivity index is 1.68. The molecule has 3 saturated heterocycles. The highest BCUT2D eigenvalue weighted by Gasteiger charge is 2.54. The van der Waals surface area contributed by atoms with Crippen molar-refractivity contribution in [2.45, 2.75) is 63.9 Å². The molecule has 3 rings (SSSR count). The van der Waals surface area contributed by atoms with Gasteiger partial charge in [0.25, 0.3) is 0 Å². The molecule has 6 atom stereocenters. The van der Waals surface area contributed by atoms with E-state index < -0.39 is 0 Å². The van der Waals surface area contributed by atoms with Crippen molar-refractivity contribution < 1.29 is 23.7 Å². The molecule has 0 amide bonds. The zero-order valence-corrected chi connectivity index (χ0v) is 9.63. The first-order valence-corrected chi connectivity index (χ1v) is 6.05. The Morgan fingerprint density at radius 3 is 2.38 bits per heavy atom. The van der Waals surface area contributed by atoms with Gasteiger partial charge in [-0.2, -0.15) is 0 Å². The maximum atomic E-state index is 5.81. The van der Waals surface area contributed by atoms with Crippen LogP contribution in [-0.2, 0) is 23.7 Å². The lowest BCUT2D eigenvalue weighted by Gasteiger charge is -2.32. The molecule has 16 heavy (non-hydrogen) atoms. The van der Waals surface area contributed by atoms with E-state index in [2.05, 4.69) is 0 Å². The van der Waals surface area contributed by atoms with Crippen LogP contribution < -0.4 is 0 Å². The second kappa shape index (κ2) is 4.23. The Morgan fingerprint density at radius 1 is 0.875 bits per heavy atom. The van der Waals surface area contributed by atoms with E-state index in [0.29, 0.717) is 6.61 Å². The monoisotopic (exact) mass is 230 g/mol. The Hall–Kier alpha value is -0.200. The summed E-state index contributed by atoms with van der Waals surface area (Å²) >= 11 is 0. The van der Waals surface area contributed by atoms with Gasteiger partial charge in [-0.05, 0) is 12.8 Å². The molecule has 3 fully saturated rings. The number of rotatable bonds is 2. The molecule has 0 aliphatic carbocycles. The van der Waals surface area contributed by atoms with Gasteiger partial charge in [-0.1, -0.05) is 13.8 Å². The van der Waals surface area contributed by atoms with Crippen LogP contribution in [0.2, 0.25) is 0 Å². The van der Waals surface area contributed by atoms with Crippen LogP contribution in [0.5, 0.6) is 0 Å². The average Bonchev–Trinajstić information content (AvgIpc) is 2.85. The first-order chi connectivity index (χ1) is 7.81. The molecule has 5 heteroatoms. The third kappa shape index (κ3) is 1.67. The van der Waals surface area contributed by atoms with Gasteiger partial charge in [0.1, 0.15) is 18.3 Å². The second-order valence-electron chi connectivity index (χ2n) is 4.39. The molecular weight excluding hydrogens is 212 g/mol. The van der Waals surface area contributed by atoms with Crippen molar-refractivity contribution in [3.8, 4) is 0 Å². The fourth-order valence-electron chi connectivity index (χ4n) is 2.42. The first-order valence-electron chi connectivity index (χ1n) is 6.05. The van der Waals surface area contributed by atoms with Gasteiger partial charge in [-0.25, -0.2) is 0 Å². The van der Waals surface area contributed by atoms with E-state index in [9.17, 15) is 0 Å². The summed E-state index contributed by atoms with van der Waals surface area (Å²) in [6.45, 7) is 4.64. The van der Waals surface area contributed by atoms with Crippen molar-refractivity contribution in [2.75, 3.05) is 6.61 Å². The Kier molecular flexibility index (Phi) is 2.89. The molecule has 0 spiro atoms. The Bertz CT molecular complexity index is 259. The van der Waals surface area contributed by atoms with E-state index in [4.69, 9.17) is 23.7 Å². The first kappa shape index (κ1) is 10.9. The molecule has 0 aromatic carbocycles. The molecule has 0 N–H and O–H groups in total. The van der Waals surface area contributed by atoms with Gasteiger partial charge >= 0.3 is 0 Å². The van der Waals surface area contributed by atoms with Gasteiger partial charge in [-0.3, -0.25) is 0 Å². The molecule has 3 heterocycles. The molecule has 3 aliphatic rings. The molecule has 5 nitrogen and oxygen atoms in total. The Morgan fingerprint density at radius 2 is 1.62 bits per heavy atom. The van der Waals surface area contributed by atoms with Crippen LogP contribution >= 0.6 is 0 Å². The highest BCUT2D eigenvalue weighted by atomic mass is 16.8. The number of hydrogen-bond acceptors (Lipinski definition) is 5. The lowest BCUT2D eigenvalue weighted by atomic mass is 10.1. The van der Waals surface area contributed by atoms with Gasteiger partial charge in [0, 0.05) is 0 Å². The van der Waals surface area contributed by atoms with Crippen LogP contribution in [0.15, 0.2) is 0 Å². The fraction of sp³-hybridized carbons (Fsp3) is 1.00. The largest absolute Gasteiger partial charge is 0.350 e. The summed E-state index contributed by atoms with van der Waals surface area (Å²) in [7, 11) is 0. The molecule has 2 unspecified atom stereocenters. The summed E-state index contributed by atoms with van der Waals surface area (Å²) in [6.07, 6.45) is 0.943. The van der Waals surface area contributed by atoms with Crippen LogP contribution in [0.3, 0.4) is 0 Å². The highest BCUT2D eigenvalue weighted by Crippen LogP contribution is 2.37. The minimum Gasteiger partial charge on any atom is -0.350 e. The van der Waals surface area contributed by atoms with Crippen molar-refractivity contribution in [3.05, 3.63) is 0 Å². The van der Waals surface area contributed by atoms with E-state index in [1.54, 1.807) is 0 Å². The van der Waals surface area contributed by atoms with E-state index in [-0.39, 0.29) is 37.2 Å². The number of fused-ring (bicyclic) bond motifs is 3. The molecule has 0 bridgehead atoms. The van der Waals surface area contributed by atoms with Crippen molar-refractivity contribution in [2.24, 2.45) is 0 Å². The quantitative estimate of drug-likeness (QED) is 0.708. The van der Waals surface area contributed by atoms with Crippen LogP contribution in [0.25, 0.3) is 0 Å². The van der Waals surface area contributed by atoms with Crippen LogP contribution in [0.4, 0.5) is 0 Å². The molecule has 0 aromatic rings. The van der Waals surface area contributed by atoms with Crippen LogP contribution in [-0.4, -0.2) is 43.8 Å². The van der Waals surface area contributed by atoms with E-state index in [1.165, 1.54) is 0 Å². The average molecular weight is 230 g/mol. The third-order valence-corrected chi connectivity index (χ3v) is 3.28. The Labute approximate surface area is 94.9 Å². The fourth-order valence-corrected chi connectivity index (χ4v) is 2.42. The summed E-state index contributed by atoms with van der Waals surface area (Å²) < 4.78 is 28.4. The zero-order chi connectivity index (χ0) is 11.1. The molecule has 3 aliphatic heterocycles. The maximum absolute atomic E-state index is 5.81. The number of hydrogen-bond donors (Lipinski definition) is 0. The van der Waals surface area contributed by atoms with E-state index in [1.807, 2.05) is 13.8 Å². The standard InChI is InChI=1S/C11H18O5/c1-3-7-12-5-6-9(14-7)10-11(13-6)16-8(4-2)15-10/h6-11H,3-5H2,1-2H3/t6-,7?,8?,9+,10-,11-/m1/s1. The smallest absolute Gasteiger partial charge is 0.190 e. The minimum atomic E-state index is -0.279. The topological polar surface area (TPSA) is 46.2 Å². The molecule has 92 valence electrons. The summed E-state index contributed by atoms with van der Waals surface area (Å²) in [4.78, 5) is 0. The van der Waals surface area contributed by atoms with E-state index in [0.717, 1.165) is 12.8 Å². The predicted molar refractivity (Wildman–Crippen MR) is 53.6 cm³/mol. The summed E-state index contributed by atoms with van der Waals surface area (Å²) in [6, 6.07) is 0. The lowest BCUT2D eigenvalue weighted by molar-refractivity contribution is -0.269. The minimum absolute atomic E-state index is 0.0414. The summed E-state index contributed by atoms with van der Waals surface area (Å²) in [5, 5.41) is 0. The highest BCUT2D eigenvalue weighted by molar-refractivity contribution is 4.94. The molecule has 0 saturated carbocycles. The SMILES string of the molecule is CCC1OC[C@H]2O[C@@H]3OC(CC)O[C@@H]3[C@H]2O1. The lowest BCUT2D eigenvalue weighted by Crippen LogP contribution is -2.46. The zero-order valence-electron chi connectivity index (χ0n) is 9.63. The summed E-state index contributed by atoms with van der Waals surface area (Å²) in [5.74, 6) is 0. The van der Waals surface area contributed by atoms with Gasteiger partial charge < -0.3 is 23.7 Å².